The Hall–Kier alpha value is -3.18. The van der Waals surface area contributed by atoms with E-state index in [9.17, 15) is 27.2 Å². The second-order valence-corrected chi connectivity index (χ2v) is 8.67. The molecule has 4 rings (SSSR count). The number of benzene rings is 2. The molecule has 0 radical (unpaired) electrons. The number of carbonyl (C=O) groups excluding carboxylic acids is 2. The number of ether oxygens (including phenoxy) is 1. The predicted molar refractivity (Wildman–Crippen MR) is 120 cm³/mol. The summed E-state index contributed by atoms with van der Waals surface area (Å²) in [4.78, 5) is 29.3. The van der Waals surface area contributed by atoms with E-state index in [2.05, 4.69) is 15.4 Å². The molecule has 1 saturated carbocycles. The number of nitrogens with one attached hydrogen (secondary N) is 2. The number of anilines is 1. The minimum absolute atomic E-state index is 0.101. The Balaban J connectivity index is 1.30. The third-order valence-corrected chi connectivity index (χ3v) is 5.87. The summed E-state index contributed by atoms with van der Waals surface area (Å²) in [6.07, 6.45) is -2.85. The maximum absolute atomic E-state index is 13.4. The van der Waals surface area contributed by atoms with E-state index in [-0.39, 0.29) is 36.0 Å². The molecule has 188 valence electrons. The highest BCUT2D eigenvalue weighted by atomic mass is 19.4. The number of hydrogen-bond acceptors (Lipinski definition) is 5. The number of rotatable bonds is 8. The van der Waals surface area contributed by atoms with Gasteiger partial charge in [-0.3, -0.25) is 19.4 Å². The van der Waals surface area contributed by atoms with Crippen LogP contribution in [0.4, 0.5) is 23.2 Å². The summed E-state index contributed by atoms with van der Waals surface area (Å²) in [5, 5.41) is 5.69. The van der Waals surface area contributed by atoms with Crippen LogP contribution in [-0.2, 0) is 9.59 Å². The molecule has 1 atom stereocenters. The van der Waals surface area contributed by atoms with Crippen molar-refractivity contribution in [2.24, 2.45) is 0 Å². The van der Waals surface area contributed by atoms with Crippen LogP contribution in [0.25, 0.3) is 0 Å². The maximum atomic E-state index is 13.4. The third-order valence-electron chi connectivity index (χ3n) is 5.87. The average molecular weight is 494 g/mol. The molecule has 2 aliphatic rings. The van der Waals surface area contributed by atoms with Gasteiger partial charge in [-0.15, -0.1) is 13.2 Å². The van der Waals surface area contributed by atoms with Crippen LogP contribution in [0.5, 0.6) is 5.75 Å². The van der Waals surface area contributed by atoms with Gasteiger partial charge in [-0.25, -0.2) is 4.39 Å². The fourth-order valence-electron chi connectivity index (χ4n) is 4.00. The predicted octanol–water partition coefficient (Wildman–Crippen LogP) is 3.30. The molecule has 0 spiro atoms. The monoisotopic (exact) mass is 494 g/mol. The van der Waals surface area contributed by atoms with Crippen molar-refractivity contribution in [3.63, 3.8) is 0 Å². The second kappa shape index (κ2) is 10.6. The van der Waals surface area contributed by atoms with Crippen molar-refractivity contribution in [3.8, 4) is 5.75 Å². The van der Waals surface area contributed by atoms with Crippen LogP contribution in [0.1, 0.15) is 24.4 Å². The molecular formula is C24H26F4N4O3. The van der Waals surface area contributed by atoms with Crippen LogP contribution in [0.3, 0.4) is 0 Å². The van der Waals surface area contributed by atoms with E-state index in [4.69, 9.17) is 0 Å². The lowest BCUT2D eigenvalue weighted by molar-refractivity contribution is -0.274. The van der Waals surface area contributed by atoms with Crippen LogP contribution in [0.15, 0.2) is 48.5 Å². The summed E-state index contributed by atoms with van der Waals surface area (Å²) < 4.78 is 54.0. The van der Waals surface area contributed by atoms with Crippen molar-refractivity contribution in [2.75, 3.05) is 38.0 Å². The zero-order chi connectivity index (χ0) is 25.0. The van der Waals surface area contributed by atoms with Gasteiger partial charge in [0.25, 0.3) is 0 Å². The SMILES string of the molecule is O=C(CN1CCN(C(C(=O)NC2CC2)c2ccc(F)cc2)CC1)Nc1ccc(OC(F)(F)F)cc1. The zero-order valence-corrected chi connectivity index (χ0v) is 18.9. The summed E-state index contributed by atoms with van der Waals surface area (Å²) in [5.74, 6) is -1.14. The summed E-state index contributed by atoms with van der Waals surface area (Å²) >= 11 is 0. The standard InChI is InChI=1S/C24H26F4N4O3/c25-17-3-1-16(2-4-17)22(23(34)30-19-5-6-19)32-13-11-31(12-14-32)15-21(33)29-18-7-9-20(10-8-18)35-24(26,27)28/h1-4,7-10,19,22H,5-6,11-15H2,(H,29,33)(H,30,34). The van der Waals surface area contributed by atoms with E-state index < -0.39 is 12.4 Å². The topological polar surface area (TPSA) is 73.9 Å². The van der Waals surface area contributed by atoms with Crippen LogP contribution in [0.2, 0.25) is 0 Å². The summed E-state index contributed by atoms with van der Waals surface area (Å²) in [6.45, 7) is 2.26. The quantitative estimate of drug-likeness (QED) is 0.551. The number of halogens is 4. The summed E-state index contributed by atoms with van der Waals surface area (Å²) in [5.41, 5.74) is 1.07. The van der Waals surface area contributed by atoms with Gasteiger partial charge in [-0.05, 0) is 54.8 Å². The van der Waals surface area contributed by atoms with Gasteiger partial charge in [-0.1, -0.05) is 12.1 Å². The Morgan fingerprint density at radius 3 is 2.17 bits per heavy atom. The van der Waals surface area contributed by atoms with Gasteiger partial charge in [-0.2, -0.15) is 0 Å². The number of hydrogen-bond donors (Lipinski definition) is 2. The van der Waals surface area contributed by atoms with E-state index in [1.165, 1.54) is 24.3 Å². The number of carbonyl (C=O) groups is 2. The molecule has 2 amide bonds. The first kappa shape index (κ1) is 24.9. The Morgan fingerprint density at radius 1 is 0.971 bits per heavy atom. The first-order chi connectivity index (χ1) is 16.7. The molecule has 35 heavy (non-hydrogen) atoms. The van der Waals surface area contributed by atoms with Crippen molar-refractivity contribution < 1.29 is 31.9 Å². The molecule has 11 heteroatoms. The zero-order valence-electron chi connectivity index (χ0n) is 18.9. The summed E-state index contributed by atoms with van der Waals surface area (Å²) in [7, 11) is 0. The molecule has 0 aromatic heterocycles. The first-order valence-electron chi connectivity index (χ1n) is 11.3. The van der Waals surface area contributed by atoms with E-state index in [1.54, 1.807) is 12.1 Å². The Labute approximate surface area is 200 Å². The fraction of sp³-hybridized carbons (Fsp3) is 0.417. The lowest BCUT2D eigenvalue weighted by atomic mass is 10.0. The molecule has 1 unspecified atom stereocenters. The second-order valence-electron chi connectivity index (χ2n) is 8.67. The Morgan fingerprint density at radius 2 is 1.60 bits per heavy atom. The van der Waals surface area contributed by atoms with Crippen molar-refractivity contribution >= 4 is 17.5 Å². The number of piperazine rings is 1. The molecule has 1 aliphatic heterocycles. The van der Waals surface area contributed by atoms with Gasteiger partial charge in [0.1, 0.15) is 17.6 Å². The fourth-order valence-corrected chi connectivity index (χ4v) is 4.00. The lowest BCUT2D eigenvalue weighted by Gasteiger charge is -2.38. The van der Waals surface area contributed by atoms with Crippen LogP contribution >= 0.6 is 0 Å². The minimum atomic E-state index is -4.78. The smallest absolute Gasteiger partial charge is 0.406 e. The number of nitrogens with zero attached hydrogens (tertiary/aromatic N) is 2. The highest BCUT2D eigenvalue weighted by Gasteiger charge is 2.34. The van der Waals surface area contributed by atoms with E-state index in [0.717, 1.165) is 25.0 Å². The van der Waals surface area contributed by atoms with Gasteiger partial charge >= 0.3 is 6.36 Å². The van der Waals surface area contributed by atoms with E-state index >= 15 is 0 Å². The first-order valence-corrected chi connectivity index (χ1v) is 11.3. The molecular weight excluding hydrogens is 468 g/mol. The van der Waals surface area contributed by atoms with Gasteiger partial charge in [0.05, 0.1) is 6.54 Å². The van der Waals surface area contributed by atoms with Crippen molar-refractivity contribution in [3.05, 3.63) is 59.9 Å². The number of alkyl halides is 3. The third kappa shape index (κ3) is 7.40. The molecule has 2 N–H and O–H groups in total. The van der Waals surface area contributed by atoms with Gasteiger partial charge in [0.2, 0.25) is 11.8 Å². The minimum Gasteiger partial charge on any atom is -0.406 e. The molecule has 2 aromatic carbocycles. The largest absolute Gasteiger partial charge is 0.573 e. The van der Waals surface area contributed by atoms with Crippen LogP contribution in [0, 0.1) is 5.82 Å². The lowest BCUT2D eigenvalue weighted by Crippen LogP contribution is -2.52. The molecule has 1 aliphatic carbocycles. The molecule has 0 bridgehead atoms. The van der Waals surface area contributed by atoms with Crippen molar-refractivity contribution in [1.82, 2.24) is 15.1 Å². The maximum Gasteiger partial charge on any atom is 0.573 e. The van der Waals surface area contributed by atoms with E-state index in [0.29, 0.717) is 37.4 Å². The highest BCUT2D eigenvalue weighted by Crippen LogP contribution is 2.27. The molecule has 7 nitrogen and oxygen atoms in total. The van der Waals surface area contributed by atoms with E-state index in [1.807, 2.05) is 9.80 Å². The average Bonchev–Trinajstić information content (AvgIpc) is 3.61. The van der Waals surface area contributed by atoms with Gasteiger partial charge < -0.3 is 15.4 Å². The summed E-state index contributed by atoms with van der Waals surface area (Å²) in [6, 6.07) is 10.5. The van der Waals surface area contributed by atoms with Crippen LogP contribution < -0.4 is 15.4 Å². The van der Waals surface area contributed by atoms with Crippen molar-refractivity contribution in [2.45, 2.75) is 31.3 Å². The van der Waals surface area contributed by atoms with Crippen LogP contribution in [-0.4, -0.2) is 66.7 Å². The number of amides is 2. The molecule has 2 aromatic rings. The molecule has 2 fully saturated rings. The Bertz CT molecular complexity index is 1020. The Kier molecular flexibility index (Phi) is 7.56. The van der Waals surface area contributed by atoms with Crippen molar-refractivity contribution in [1.29, 1.82) is 0 Å². The molecule has 1 saturated heterocycles. The normalized spacial score (nSPS) is 18.1. The van der Waals surface area contributed by atoms with Gasteiger partial charge in [0.15, 0.2) is 0 Å². The molecule has 1 heterocycles. The van der Waals surface area contributed by atoms with Gasteiger partial charge in [0, 0.05) is 37.9 Å². The highest BCUT2D eigenvalue weighted by molar-refractivity contribution is 5.92.